The van der Waals surface area contributed by atoms with Crippen molar-refractivity contribution in [1.29, 1.82) is 0 Å². The molecule has 0 aliphatic heterocycles. The molecule has 0 bridgehead atoms. The van der Waals surface area contributed by atoms with E-state index in [1.807, 2.05) is 6.92 Å². The second-order valence-electron chi connectivity index (χ2n) is 3.49. The zero-order valence-corrected chi connectivity index (χ0v) is 9.93. The lowest BCUT2D eigenvalue weighted by atomic mass is 10.2. The largest absolute Gasteiger partial charge is 0.377 e. The van der Waals surface area contributed by atoms with Crippen molar-refractivity contribution >= 4 is 5.91 Å². The minimum Gasteiger partial charge on any atom is -0.377 e. The van der Waals surface area contributed by atoms with Crippen LogP contribution in [0.15, 0.2) is 18.6 Å². The Balaban J connectivity index is 2.30. The van der Waals surface area contributed by atoms with E-state index in [9.17, 15) is 4.79 Å². The van der Waals surface area contributed by atoms with Crippen LogP contribution in [0, 0.1) is 0 Å². The highest BCUT2D eigenvalue weighted by Crippen LogP contribution is 1.97. The van der Waals surface area contributed by atoms with Crippen LogP contribution in [0.3, 0.4) is 0 Å². The topological polar surface area (TPSA) is 90.1 Å². The fourth-order valence-corrected chi connectivity index (χ4v) is 1.34. The van der Waals surface area contributed by atoms with Crippen molar-refractivity contribution in [3.8, 4) is 0 Å². The highest BCUT2D eigenvalue weighted by molar-refractivity contribution is 5.76. The summed E-state index contributed by atoms with van der Waals surface area (Å²) in [5, 5.41) is 2.76. The van der Waals surface area contributed by atoms with Gasteiger partial charge in [0, 0.05) is 19.3 Å². The number of hydrogen-bond donors (Lipinski definition) is 2. The Labute approximate surface area is 101 Å². The molecule has 17 heavy (non-hydrogen) atoms. The predicted molar refractivity (Wildman–Crippen MR) is 63.0 cm³/mol. The monoisotopic (exact) mass is 238 g/mol. The van der Waals surface area contributed by atoms with Gasteiger partial charge in [0.05, 0.1) is 24.8 Å². The molecule has 94 valence electrons. The Morgan fingerprint density at radius 3 is 3.06 bits per heavy atom. The third-order valence-electron chi connectivity index (χ3n) is 2.19. The maximum atomic E-state index is 11.6. The first kappa shape index (κ1) is 13.5. The van der Waals surface area contributed by atoms with Crippen molar-refractivity contribution in [2.24, 2.45) is 5.73 Å². The van der Waals surface area contributed by atoms with Gasteiger partial charge in [-0.3, -0.25) is 4.79 Å². The predicted octanol–water partition coefficient (Wildman–Crippen LogP) is -0.153. The number of hydrogen-bond acceptors (Lipinski definition) is 5. The van der Waals surface area contributed by atoms with Gasteiger partial charge in [-0.2, -0.15) is 0 Å². The SMILES string of the molecule is CCOC(CN)CC(=O)NCc1ccncn1. The standard InChI is InChI=1S/C11H18N4O2/c1-2-17-10(6-12)5-11(16)14-7-9-3-4-13-8-15-9/h3-4,8,10H,2,5-7,12H2,1H3,(H,14,16). The first-order chi connectivity index (χ1) is 8.26. The van der Waals surface area contributed by atoms with Gasteiger partial charge >= 0.3 is 0 Å². The number of rotatable bonds is 7. The molecule has 0 saturated heterocycles. The summed E-state index contributed by atoms with van der Waals surface area (Å²) in [6.07, 6.45) is 3.14. The normalized spacial score (nSPS) is 12.1. The van der Waals surface area contributed by atoms with Crippen LogP contribution in [-0.2, 0) is 16.1 Å². The van der Waals surface area contributed by atoms with Gasteiger partial charge in [-0.25, -0.2) is 9.97 Å². The van der Waals surface area contributed by atoms with Gasteiger partial charge in [0.1, 0.15) is 6.33 Å². The Kier molecular flexibility index (Phi) is 6.13. The molecule has 1 aromatic heterocycles. The molecule has 0 fully saturated rings. The molecule has 0 aliphatic carbocycles. The van der Waals surface area contributed by atoms with E-state index in [0.29, 0.717) is 19.7 Å². The van der Waals surface area contributed by atoms with E-state index < -0.39 is 0 Å². The maximum absolute atomic E-state index is 11.6. The number of nitrogens with two attached hydrogens (primary N) is 1. The van der Waals surface area contributed by atoms with Crippen LogP contribution in [0.1, 0.15) is 19.0 Å². The van der Waals surface area contributed by atoms with Crippen molar-refractivity contribution in [3.63, 3.8) is 0 Å². The summed E-state index contributed by atoms with van der Waals surface area (Å²) >= 11 is 0. The Hall–Kier alpha value is -1.53. The highest BCUT2D eigenvalue weighted by atomic mass is 16.5. The van der Waals surface area contributed by atoms with Crippen LogP contribution in [-0.4, -0.2) is 35.1 Å². The molecule has 6 heteroatoms. The molecule has 1 rings (SSSR count). The summed E-state index contributed by atoms with van der Waals surface area (Å²) in [6.45, 7) is 3.17. The number of amides is 1. The quantitative estimate of drug-likeness (QED) is 0.689. The minimum absolute atomic E-state index is 0.0903. The zero-order valence-electron chi connectivity index (χ0n) is 9.93. The fraction of sp³-hybridized carbons (Fsp3) is 0.545. The summed E-state index contributed by atoms with van der Waals surface area (Å²) in [4.78, 5) is 19.4. The van der Waals surface area contributed by atoms with E-state index >= 15 is 0 Å². The number of nitrogens with zero attached hydrogens (tertiary/aromatic N) is 2. The van der Waals surface area contributed by atoms with E-state index in [0.717, 1.165) is 5.69 Å². The van der Waals surface area contributed by atoms with Gasteiger partial charge in [0.15, 0.2) is 0 Å². The first-order valence-corrected chi connectivity index (χ1v) is 5.59. The van der Waals surface area contributed by atoms with Gasteiger partial charge in [-0.15, -0.1) is 0 Å². The summed E-state index contributed by atoms with van der Waals surface area (Å²) in [6, 6.07) is 1.75. The lowest BCUT2D eigenvalue weighted by Crippen LogP contribution is -2.32. The molecule has 0 spiro atoms. The lowest BCUT2D eigenvalue weighted by molar-refractivity contribution is -0.123. The van der Waals surface area contributed by atoms with Crippen molar-refractivity contribution in [3.05, 3.63) is 24.3 Å². The molecule has 1 amide bonds. The third-order valence-corrected chi connectivity index (χ3v) is 2.19. The van der Waals surface area contributed by atoms with Crippen LogP contribution < -0.4 is 11.1 Å². The average Bonchev–Trinajstić information content (AvgIpc) is 2.37. The molecular weight excluding hydrogens is 220 g/mol. The van der Waals surface area contributed by atoms with E-state index in [2.05, 4.69) is 15.3 Å². The zero-order chi connectivity index (χ0) is 12.5. The Morgan fingerprint density at radius 1 is 1.65 bits per heavy atom. The fourth-order valence-electron chi connectivity index (χ4n) is 1.34. The second-order valence-corrected chi connectivity index (χ2v) is 3.49. The molecule has 0 saturated carbocycles. The smallest absolute Gasteiger partial charge is 0.222 e. The van der Waals surface area contributed by atoms with Gasteiger partial charge in [0.25, 0.3) is 0 Å². The summed E-state index contributed by atoms with van der Waals surface area (Å²) in [7, 11) is 0. The molecule has 0 radical (unpaired) electrons. The van der Waals surface area contributed by atoms with Crippen LogP contribution in [0.4, 0.5) is 0 Å². The van der Waals surface area contributed by atoms with Crippen molar-refractivity contribution in [1.82, 2.24) is 15.3 Å². The number of aromatic nitrogens is 2. The first-order valence-electron chi connectivity index (χ1n) is 5.59. The molecule has 1 unspecified atom stereocenters. The number of carbonyl (C=O) groups is 1. The summed E-state index contributed by atoms with van der Waals surface area (Å²) < 4.78 is 5.30. The third kappa shape index (κ3) is 5.37. The average molecular weight is 238 g/mol. The van der Waals surface area contributed by atoms with E-state index in [1.54, 1.807) is 12.3 Å². The number of carbonyl (C=O) groups excluding carboxylic acids is 1. The molecule has 0 aliphatic rings. The maximum Gasteiger partial charge on any atom is 0.222 e. The van der Waals surface area contributed by atoms with Crippen molar-refractivity contribution < 1.29 is 9.53 Å². The lowest BCUT2D eigenvalue weighted by Gasteiger charge is -2.14. The Bertz CT molecular complexity index is 332. The minimum atomic E-state index is -0.217. The number of nitrogens with one attached hydrogen (secondary N) is 1. The van der Waals surface area contributed by atoms with E-state index in [4.69, 9.17) is 10.5 Å². The number of ether oxygens (including phenoxy) is 1. The van der Waals surface area contributed by atoms with Crippen LogP contribution in [0.25, 0.3) is 0 Å². The summed E-state index contributed by atoms with van der Waals surface area (Å²) in [5.74, 6) is -0.0903. The molecule has 1 aromatic rings. The van der Waals surface area contributed by atoms with Crippen LogP contribution in [0.5, 0.6) is 0 Å². The van der Waals surface area contributed by atoms with Gasteiger partial charge < -0.3 is 15.8 Å². The molecule has 3 N–H and O–H groups in total. The molecular formula is C11H18N4O2. The highest BCUT2D eigenvalue weighted by Gasteiger charge is 2.11. The van der Waals surface area contributed by atoms with Gasteiger partial charge in [-0.1, -0.05) is 0 Å². The molecule has 0 aromatic carbocycles. The molecule has 1 heterocycles. The second kappa shape index (κ2) is 7.70. The van der Waals surface area contributed by atoms with Gasteiger partial charge in [-0.05, 0) is 13.0 Å². The summed E-state index contributed by atoms with van der Waals surface area (Å²) in [5.41, 5.74) is 6.26. The molecule has 1 atom stereocenters. The van der Waals surface area contributed by atoms with Gasteiger partial charge in [0.2, 0.25) is 5.91 Å². The van der Waals surface area contributed by atoms with E-state index in [1.165, 1.54) is 6.33 Å². The van der Waals surface area contributed by atoms with E-state index in [-0.39, 0.29) is 18.4 Å². The van der Waals surface area contributed by atoms with Crippen LogP contribution >= 0.6 is 0 Å². The van der Waals surface area contributed by atoms with Crippen molar-refractivity contribution in [2.45, 2.75) is 26.0 Å². The Morgan fingerprint density at radius 2 is 2.47 bits per heavy atom. The molecule has 6 nitrogen and oxygen atoms in total. The van der Waals surface area contributed by atoms with Crippen LogP contribution in [0.2, 0.25) is 0 Å². The van der Waals surface area contributed by atoms with Crippen molar-refractivity contribution in [2.75, 3.05) is 13.2 Å².